The molecule has 0 unspecified atom stereocenters. The highest BCUT2D eigenvalue weighted by molar-refractivity contribution is 5.68. The van der Waals surface area contributed by atoms with Crippen molar-refractivity contribution in [2.24, 2.45) is 0 Å². The molecular formula is C22H40O2. The van der Waals surface area contributed by atoms with Gasteiger partial charge in [0.25, 0.3) is 0 Å². The van der Waals surface area contributed by atoms with Gasteiger partial charge in [-0.2, -0.15) is 0 Å². The van der Waals surface area contributed by atoms with Gasteiger partial charge in [0.05, 0.1) is 7.11 Å². The van der Waals surface area contributed by atoms with E-state index in [1.165, 1.54) is 84.2 Å². The topological polar surface area (TPSA) is 26.3 Å². The third-order valence-electron chi connectivity index (χ3n) is 4.43. The van der Waals surface area contributed by atoms with Crippen molar-refractivity contribution >= 4 is 5.97 Å². The van der Waals surface area contributed by atoms with Crippen molar-refractivity contribution in [1.82, 2.24) is 0 Å². The van der Waals surface area contributed by atoms with Crippen LogP contribution < -0.4 is 0 Å². The molecule has 0 radical (unpaired) electrons. The Morgan fingerprint density at radius 3 is 1.58 bits per heavy atom. The molecule has 0 atom stereocenters. The molecule has 0 spiro atoms. The quantitative estimate of drug-likeness (QED) is 0.151. The van der Waals surface area contributed by atoms with Gasteiger partial charge < -0.3 is 4.74 Å². The number of ether oxygens (including phenoxy) is 1. The second-order valence-electron chi connectivity index (χ2n) is 6.69. The van der Waals surface area contributed by atoms with Crippen LogP contribution in [0.1, 0.15) is 103 Å². The summed E-state index contributed by atoms with van der Waals surface area (Å²) in [6.45, 7) is 3.76. The molecule has 0 aliphatic heterocycles. The first kappa shape index (κ1) is 22.9. The first-order valence-electron chi connectivity index (χ1n) is 10.1. The number of carbonyl (C=O) groups is 1. The average molecular weight is 337 g/mol. The van der Waals surface area contributed by atoms with Gasteiger partial charge >= 0.3 is 5.97 Å². The van der Waals surface area contributed by atoms with Crippen molar-refractivity contribution in [1.29, 1.82) is 0 Å². The number of rotatable bonds is 18. The molecule has 0 fully saturated rings. The summed E-state index contributed by atoms with van der Waals surface area (Å²) < 4.78 is 4.63. The molecule has 0 aliphatic rings. The van der Waals surface area contributed by atoms with Crippen molar-refractivity contribution in [3.8, 4) is 0 Å². The normalized spacial score (nSPS) is 11.0. The van der Waals surface area contributed by atoms with E-state index in [4.69, 9.17) is 0 Å². The fourth-order valence-electron chi connectivity index (χ4n) is 2.83. The fourth-order valence-corrected chi connectivity index (χ4v) is 2.83. The molecule has 140 valence electrons. The van der Waals surface area contributed by atoms with Gasteiger partial charge in [-0.3, -0.25) is 4.79 Å². The number of methoxy groups -OCH3 is 1. The lowest BCUT2D eigenvalue weighted by Crippen LogP contribution is -1.98. The Hall–Kier alpha value is -1.05. The lowest BCUT2D eigenvalue weighted by Gasteiger charge is -2.01. The second kappa shape index (κ2) is 20.0. The van der Waals surface area contributed by atoms with Crippen molar-refractivity contribution in [2.45, 2.75) is 103 Å². The predicted molar refractivity (Wildman–Crippen MR) is 105 cm³/mol. The molecule has 0 saturated carbocycles. The van der Waals surface area contributed by atoms with Crippen LogP contribution in [0.3, 0.4) is 0 Å². The highest BCUT2D eigenvalue weighted by atomic mass is 16.5. The maximum Gasteiger partial charge on any atom is 0.305 e. The van der Waals surface area contributed by atoms with Crippen LogP contribution in [0.2, 0.25) is 0 Å². The van der Waals surface area contributed by atoms with E-state index in [0.29, 0.717) is 6.42 Å². The molecule has 0 amide bonds. The zero-order valence-corrected chi connectivity index (χ0v) is 16.1. The van der Waals surface area contributed by atoms with Gasteiger partial charge in [-0.1, -0.05) is 69.6 Å². The molecule has 0 bridgehead atoms. The molecule has 0 saturated heterocycles. The molecule has 0 aromatic rings. The molecule has 0 aromatic heterocycles. The van der Waals surface area contributed by atoms with Gasteiger partial charge in [0.15, 0.2) is 0 Å². The third kappa shape index (κ3) is 19.0. The minimum absolute atomic E-state index is 0.0850. The molecule has 2 nitrogen and oxygen atoms in total. The molecular weight excluding hydrogens is 296 g/mol. The van der Waals surface area contributed by atoms with E-state index in [9.17, 15) is 4.79 Å². The summed E-state index contributed by atoms with van der Waals surface area (Å²) in [5.41, 5.74) is 0. The Labute approximate surface area is 150 Å². The van der Waals surface area contributed by atoms with Gasteiger partial charge in [-0.15, -0.1) is 6.58 Å². The highest BCUT2D eigenvalue weighted by Gasteiger charge is 1.98. The van der Waals surface area contributed by atoms with Crippen molar-refractivity contribution in [3.05, 3.63) is 24.8 Å². The highest BCUT2D eigenvalue weighted by Crippen LogP contribution is 2.12. The van der Waals surface area contributed by atoms with Crippen LogP contribution in [-0.2, 0) is 9.53 Å². The number of hydrogen-bond donors (Lipinski definition) is 0. The van der Waals surface area contributed by atoms with Gasteiger partial charge in [0.2, 0.25) is 0 Å². The zero-order valence-electron chi connectivity index (χ0n) is 16.1. The van der Waals surface area contributed by atoms with Crippen molar-refractivity contribution < 1.29 is 9.53 Å². The lowest BCUT2D eigenvalue weighted by atomic mass is 10.1. The summed E-state index contributed by atoms with van der Waals surface area (Å²) in [6, 6.07) is 0. The standard InChI is InChI=1S/C22H40O2/c1-3-4-5-6-7-8-9-10-11-12-13-14-15-16-17-18-19-20-21-22(23)24-2/h3,15-16H,1,4-14,17-21H2,2H3. The van der Waals surface area contributed by atoms with Crippen LogP contribution in [-0.4, -0.2) is 13.1 Å². The van der Waals surface area contributed by atoms with Gasteiger partial charge in [-0.25, -0.2) is 0 Å². The third-order valence-corrected chi connectivity index (χ3v) is 4.43. The van der Waals surface area contributed by atoms with E-state index in [2.05, 4.69) is 23.5 Å². The van der Waals surface area contributed by atoms with Crippen LogP contribution in [0.5, 0.6) is 0 Å². The Morgan fingerprint density at radius 1 is 0.708 bits per heavy atom. The maximum absolute atomic E-state index is 10.9. The Bertz CT molecular complexity index is 307. The second-order valence-corrected chi connectivity index (χ2v) is 6.69. The number of esters is 1. The van der Waals surface area contributed by atoms with E-state index < -0.39 is 0 Å². The monoisotopic (exact) mass is 336 g/mol. The molecule has 0 rings (SSSR count). The van der Waals surface area contributed by atoms with Crippen LogP contribution >= 0.6 is 0 Å². The van der Waals surface area contributed by atoms with Crippen LogP contribution in [0, 0.1) is 0 Å². The zero-order chi connectivity index (χ0) is 17.7. The van der Waals surface area contributed by atoms with E-state index >= 15 is 0 Å². The minimum atomic E-state index is -0.0850. The van der Waals surface area contributed by atoms with Crippen molar-refractivity contribution in [2.75, 3.05) is 7.11 Å². The molecule has 0 N–H and O–H groups in total. The number of carbonyl (C=O) groups excluding carboxylic acids is 1. The molecule has 0 aliphatic carbocycles. The van der Waals surface area contributed by atoms with Crippen LogP contribution in [0.25, 0.3) is 0 Å². The van der Waals surface area contributed by atoms with Crippen molar-refractivity contribution in [3.63, 3.8) is 0 Å². The van der Waals surface area contributed by atoms with Gasteiger partial charge in [0, 0.05) is 6.42 Å². The average Bonchev–Trinajstić information content (AvgIpc) is 2.60. The molecule has 2 heteroatoms. The summed E-state index contributed by atoms with van der Waals surface area (Å²) in [5.74, 6) is -0.0850. The summed E-state index contributed by atoms with van der Waals surface area (Å²) in [6.07, 6.45) is 26.5. The van der Waals surface area contributed by atoms with E-state index in [1.54, 1.807) is 0 Å². The minimum Gasteiger partial charge on any atom is -0.469 e. The fraction of sp³-hybridized carbons (Fsp3) is 0.773. The van der Waals surface area contributed by atoms with Crippen LogP contribution in [0.4, 0.5) is 0 Å². The van der Waals surface area contributed by atoms with E-state index in [1.807, 2.05) is 6.08 Å². The van der Waals surface area contributed by atoms with Gasteiger partial charge in [0.1, 0.15) is 0 Å². The Balaban J connectivity index is 3.10. The Kier molecular flexibility index (Phi) is 19.1. The Morgan fingerprint density at radius 2 is 1.12 bits per heavy atom. The number of allylic oxidation sites excluding steroid dienone is 3. The predicted octanol–water partition coefficient (Wildman–Crippen LogP) is 7.14. The molecule has 0 aromatic carbocycles. The van der Waals surface area contributed by atoms with Crippen LogP contribution in [0.15, 0.2) is 24.8 Å². The maximum atomic E-state index is 10.9. The summed E-state index contributed by atoms with van der Waals surface area (Å²) >= 11 is 0. The number of hydrogen-bond acceptors (Lipinski definition) is 2. The largest absolute Gasteiger partial charge is 0.469 e. The molecule has 0 heterocycles. The van der Waals surface area contributed by atoms with Gasteiger partial charge in [-0.05, 0) is 44.9 Å². The first-order chi connectivity index (χ1) is 11.8. The summed E-state index contributed by atoms with van der Waals surface area (Å²) in [5, 5.41) is 0. The summed E-state index contributed by atoms with van der Waals surface area (Å²) in [4.78, 5) is 10.9. The smallest absolute Gasteiger partial charge is 0.305 e. The van der Waals surface area contributed by atoms with E-state index in [0.717, 1.165) is 19.3 Å². The first-order valence-corrected chi connectivity index (χ1v) is 10.1. The SMILES string of the molecule is C=CCCCCCCCCCCCC=CCCCCCC(=O)OC. The lowest BCUT2D eigenvalue weighted by molar-refractivity contribution is -0.140. The van der Waals surface area contributed by atoms with E-state index in [-0.39, 0.29) is 5.97 Å². The number of unbranched alkanes of at least 4 members (excludes halogenated alkanes) is 13. The molecule has 24 heavy (non-hydrogen) atoms. The summed E-state index contributed by atoms with van der Waals surface area (Å²) in [7, 11) is 1.46.